The Balaban J connectivity index is 2.27. The summed E-state index contributed by atoms with van der Waals surface area (Å²) < 4.78 is 5.14. The molecule has 0 aliphatic carbocycles. The molecule has 4 heteroatoms. The topological polar surface area (TPSA) is 63.6 Å². The lowest BCUT2D eigenvalue weighted by Gasteiger charge is -2.07. The molecule has 1 aromatic carbocycles. The molecule has 0 saturated carbocycles. The smallest absolute Gasteiger partial charge is 0.339 e. The molecule has 1 aromatic rings. The number of carboxylic acid groups (broad SMARTS) is 1. The molecule has 1 rings (SSSR count). The first kappa shape index (κ1) is 17.2. The van der Waals surface area contributed by atoms with Crippen LogP contribution < -0.4 is 0 Å². The van der Waals surface area contributed by atoms with Crippen LogP contribution in [0.1, 0.15) is 72.6 Å². The van der Waals surface area contributed by atoms with Gasteiger partial charge >= 0.3 is 11.9 Å². The van der Waals surface area contributed by atoms with Gasteiger partial charge in [-0.15, -0.1) is 0 Å². The number of unbranched alkanes of at least 4 members (excludes halogenated alkanes) is 6. The zero-order valence-electron chi connectivity index (χ0n) is 12.6. The second-order valence-corrected chi connectivity index (χ2v) is 5.11. The number of hydrogen-bond acceptors (Lipinski definition) is 3. The van der Waals surface area contributed by atoms with Crippen LogP contribution in [0.2, 0.25) is 0 Å². The number of carboxylic acids is 1. The minimum absolute atomic E-state index is 0.0120. The van der Waals surface area contributed by atoms with E-state index in [2.05, 4.69) is 6.92 Å². The highest BCUT2D eigenvalue weighted by Gasteiger charge is 2.16. The van der Waals surface area contributed by atoms with E-state index in [0.717, 1.165) is 19.3 Å². The summed E-state index contributed by atoms with van der Waals surface area (Å²) >= 11 is 0. The van der Waals surface area contributed by atoms with Crippen molar-refractivity contribution in [2.75, 3.05) is 6.61 Å². The quantitative estimate of drug-likeness (QED) is 0.516. The molecule has 0 aromatic heterocycles. The van der Waals surface area contributed by atoms with Crippen molar-refractivity contribution in [2.45, 2.75) is 51.9 Å². The van der Waals surface area contributed by atoms with Crippen molar-refractivity contribution in [3.8, 4) is 0 Å². The standard InChI is InChI=1S/C17H24O4/c1-2-3-4-5-6-7-10-13-21-17(20)15-12-9-8-11-14(15)16(18)19/h8-9,11-12H,2-7,10,13H2,1H3,(H,18,19). The number of hydrogen-bond donors (Lipinski definition) is 1. The second kappa shape index (κ2) is 9.97. The predicted molar refractivity (Wildman–Crippen MR) is 81.7 cm³/mol. The fourth-order valence-electron chi connectivity index (χ4n) is 2.15. The molecule has 0 spiro atoms. The second-order valence-electron chi connectivity index (χ2n) is 5.11. The van der Waals surface area contributed by atoms with Gasteiger partial charge in [0.2, 0.25) is 0 Å². The van der Waals surface area contributed by atoms with Crippen LogP contribution in [0.3, 0.4) is 0 Å². The van der Waals surface area contributed by atoms with Crippen LogP contribution in [0.4, 0.5) is 0 Å². The highest BCUT2D eigenvalue weighted by Crippen LogP contribution is 2.11. The van der Waals surface area contributed by atoms with Crippen molar-refractivity contribution in [1.29, 1.82) is 0 Å². The average Bonchev–Trinajstić information content (AvgIpc) is 2.49. The molecule has 0 fully saturated rings. The molecule has 0 bridgehead atoms. The van der Waals surface area contributed by atoms with Gasteiger partial charge in [0.25, 0.3) is 0 Å². The van der Waals surface area contributed by atoms with Gasteiger partial charge in [0.05, 0.1) is 17.7 Å². The van der Waals surface area contributed by atoms with Crippen LogP contribution in [-0.2, 0) is 4.74 Å². The summed E-state index contributed by atoms with van der Waals surface area (Å²) in [7, 11) is 0. The van der Waals surface area contributed by atoms with E-state index in [-0.39, 0.29) is 11.1 Å². The first-order valence-corrected chi connectivity index (χ1v) is 7.66. The van der Waals surface area contributed by atoms with Crippen LogP contribution in [-0.4, -0.2) is 23.7 Å². The van der Waals surface area contributed by atoms with Crippen molar-refractivity contribution in [3.63, 3.8) is 0 Å². The molecule has 1 N–H and O–H groups in total. The maximum absolute atomic E-state index is 11.9. The molecule has 0 atom stereocenters. The highest BCUT2D eigenvalue weighted by atomic mass is 16.5. The summed E-state index contributed by atoms with van der Waals surface area (Å²) in [5, 5.41) is 9.02. The molecular formula is C17H24O4. The van der Waals surface area contributed by atoms with Gasteiger partial charge in [0.1, 0.15) is 0 Å². The van der Waals surface area contributed by atoms with Gasteiger partial charge in [-0.25, -0.2) is 9.59 Å². The lowest BCUT2D eigenvalue weighted by molar-refractivity contribution is 0.0487. The first-order chi connectivity index (χ1) is 10.2. The van der Waals surface area contributed by atoms with Gasteiger partial charge in [0.15, 0.2) is 0 Å². The number of esters is 1. The summed E-state index contributed by atoms with van der Waals surface area (Å²) in [6.07, 6.45) is 8.03. The Morgan fingerprint density at radius 2 is 1.52 bits per heavy atom. The largest absolute Gasteiger partial charge is 0.478 e. The van der Waals surface area contributed by atoms with E-state index in [0.29, 0.717) is 6.61 Å². The number of aromatic carboxylic acids is 1. The van der Waals surface area contributed by atoms with E-state index in [4.69, 9.17) is 9.84 Å². The molecule has 0 aliphatic rings. The van der Waals surface area contributed by atoms with Crippen molar-refractivity contribution in [2.24, 2.45) is 0 Å². The molecule has 116 valence electrons. The van der Waals surface area contributed by atoms with Gasteiger partial charge in [-0.3, -0.25) is 0 Å². The lowest BCUT2D eigenvalue weighted by Crippen LogP contribution is -2.12. The third kappa shape index (κ3) is 6.43. The van der Waals surface area contributed by atoms with E-state index >= 15 is 0 Å². The molecule has 0 heterocycles. The summed E-state index contributed by atoms with van der Waals surface area (Å²) in [5.74, 6) is -1.67. The van der Waals surface area contributed by atoms with Crippen molar-refractivity contribution in [1.82, 2.24) is 0 Å². The van der Waals surface area contributed by atoms with Crippen molar-refractivity contribution >= 4 is 11.9 Å². The lowest BCUT2D eigenvalue weighted by atomic mass is 10.1. The minimum atomic E-state index is -1.11. The zero-order chi connectivity index (χ0) is 15.5. The Morgan fingerprint density at radius 3 is 2.14 bits per heavy atom. The number of ether oxygens (including phenoxy) is 1. The van der Waals surface area contributed by atoms with Crippen LogP contribution >= 0.6 is 0 Å². The Morgan fingerprint density at radius 1 is 0.952 bits per heavy atom. The van der Waals surface area contributed by atoms with E-state index in [1.165, 1.54) is 37.8 Å². The van der Waals surface area contributed by atoms with E-state index in [1.54, 1.807) is 12.1 Å². The third-order valence-corrected chi connectivity index (χ3v) is 3.36. The van der Waals surface area contributed by atoms with Gasteiger partial charge < -0.3 is 9.84 Å². The molecule has 0 saturated heterocycles. The highest BCUT2D eigenvalue weighted by molar-refractivity contribution is 6.02. The first-order valence-electron chi connectivity index (χ1n) is 7.66. The van der Waals surface area contributed by atoms with Crippen LogP contribution in [0.5, 0.6) is 0 Å². The molecule has 0 radical (unpaired) electrons. The zero-order valence-corrected chi connectivity index (χ0v) is 12.6. The number of carbonyl (C=O) groups excluding carboxylic acids is 1. The minimum Gasteiger partial charge on any atom is -0.478 e. The maximum Gasteiger partial charge on any atom is 0.339 e. The molecule has 21 heavy (non-hydrogen) atoms. The number of benzene rings is 1. The fraction of sp³-hybridized carbons (Fsp3) is 0.529. The van der Waals surface area contributed by atoms with E-state index < -0.39 is 11.9 Å². The Kier molecular flexibility index (Phi) is 8.17. The van der Waals surface area contributed by atoms with Gasteiger partial charge in [-0.05, 0) is 18.6 Å². The van der Waals surface area contributed by atoms with E-state index in [1.807, 2.05) is 0 Å². The fourth-order valence-corrected chi connectivity index (χ4v) is 2.15. The molecule has 4 nitrogen and oxygen atoms in total. The number of carbonyl (C=O) groups is 2. The van der Waals surface area contributed by atoms with Crippen molar-refractivity contribution in [3.05, 3.63) is 35.4 Å². The summed E-state index contributed by atoms with van der Waals surface area (Å²) in [5.41, 5.74) is 0.106. The monoisotopic (exact) mass is 292 g/mol. The normalized spacial score (nSPS) is 10.3. The van der Waals surface area contributed by atoms with Crippen molar-refractivity contribution < 1.29 is 19.4 Å². The van der Waals surface area contributed by atoms with Crippen LogP contribution in [0, 0.1) is 0 Å². The Labute approximate surface area is 126 Å². The SMILES string of the molecule is CCCCCCCCCOC(=O)c1ccccc1C(=O)O. The molecule has 0 unspecified atom stereocenters. The molecule has 0 aliphatic heterocycles. The summed E-state index contributed by atoms with van der Waals surface area (Å²) in [6, 6.07) is 6.12. The van der Waals surface area contributed by atoms with Crippen LogP contribution in [0.25, 0.3) is 0 Å². The summed E-state index contributed by atoms with van der Waals surface area (Å²) in [4.78, 5) is 22.9. The van der Waals surface area contributed by atoms with Gasteiger partial charge in [0, 0.05) is 0 Å². The maximum atomic E-state index is 11.9. The van der Waals surface area contributed by atoms with Gasteiger partial charge in [-0.1, -0.05) is 57.6 Å². The van der Waals surface area contributed by atoms with Crippen LogP contribution in [0.15, 0.2) is 24.3 Å². The number of rotatable bonds is 10. The van der Waals surface area contributed by atoms with E-state index in [9.17, 15) is 9.59 Å². The summed E-state index contributed by atoms with van der Waals surface area (Å²) in [6.45, 7) is 2.54. The Hall–Kier alpha value is -1.84. The molecular weight excluding hydrogens is 268 g/mol. The Bertz CT molecular complexity index is 454. The van der Waals surface area contributed by atoms with Gasteiger partial charge in [-0.2, -0.15) is 0 Å². The average molecular weight is 292 g/mol. The predicted octanol–water partition coefficient (Wildman–Crippen LogP) is 4.29. The third-order valence-electron chi connectivity index (χ3n) is 3.36. The molecule has 0 amide bonds.